The second kappa shape index (κ2) is 7.85. The molecule has 2 N–H and O–H groups in total. The molecule has 0 aromatic heterocycles. The van der Waals surface area contributed by atoms with Crippen LogP contribution >= 0.6 is 0 Å². The van der Waals surface area contributed by atoms with Crippen LogP contribution in [0.3, 0.4) is 0 Å². The third-order valence-corrected chi connectivity index (χ3v) is 2.73. The fraction of sp³-hybridized carbons (Fsp3) is 0.500. The van der Waals surface area contributed by atoms with Crippen LogP contribution in [0.25, 0.3) is 0 Å². The molecular formula is C14H21NO2. The van der Waals surface area contributed by atoms with Crippen LogP contribution in [0, 0.1) is 0 Å². The van der Waals surface area contributed by atoms with Crippen molar-refractivity contribution < 1.29 is 9.53 Å². The van der Waals surface area contributed by atoms with Gasteiger partial charge in [0.15, 0.2) is 0 Å². The van der Waals surface area contributed by atoms with Gasteiger partial charge in [-0.3, -0.25) is 4.79 Å². The lowest BCUT2D eigenvalue weighted by Crippen LogP contribution is -2.18. The van der Waals surface area contributed by atoms with E-state index in [-0.39, 0.29) is 11.9 Å². The van der Waals surface area contributed by atoms with E-state index in [0.29, 0.717) is 19.6 Å². The Morgan fingerprint density at radius 1 is 1.35 bits per heavy atom. The number of carbonyl (C=O) groups is 1. The third-order valence-electron chi connectivity index (χ3n) is 2.73. The Morgan fingerprint density at radius 2 is 2.06 bits per heavy atom. The first kappa shape index (κ1) is 13.7. The third kappa shape index (κ3) is 5.00. The minimum atomic E-state index is -0.155. The van der Waals surface area contributed by atoms with E-state index in [1.807, 2.05) is 30.3 Å². The molecule has 1 aromatic rings. The maximum Gasteiger partial charge on any atom is 0.306 e. The van der Waals surface area contributed by atoms with Crippen LogP contribution in [0.2, 0.25) is 0 Å². The van der Waals surface area contributed by atoms with Gasteiger partial charge in [0, 0.05) is 5.92 Å². The lowest BCUT2D eigenvalue weighted by Gasteiger charge is -2.14. The van der Waals surface area contributed by atoms with E-state index in [1.165, 1.54) is 0 Å². The minimum absolute atomic E-state index is 0.0605. The first-order valence-corrected chi connectivity index (χ1v) is 6.18. The zero-order valence-electron chi connectivity index (χ0n) is 10.4. The largest absolute Gasteiger partial charge is 0.466 e. The summed E-state index contributed by atoms with van der Waals surface area (Å²) in [5.74, 6) is -0.0944. The highest BCUT2D eigenvalue weighted by Crippen LogP contribution is 2.18. The molecule has 1 unspecified atom stereocenters. The van der Waals surface area contributed by atoms with Gasteiger partial charge in [0.25, 0.3) is 0 Å². The first-order valence-electron chi connectivity index (χ1n) is 6.18. The van der Waals surface area contributed by atoms with Crippen LogP contribution in [0.15, 0.2) is 30.3 Å². The maximum absolute atomic E-state index is 11.6. The highest BCUT2D eigenvalue weighted by molar-refractivity contribution is 5.70. The molecular weight excluding hydrogens is 214 g/mol. The molecule has 0 fully saturated rings. The highest BCUT2D eigenvalue weighted by atomic mass is 16.5. The quantitative estimate of drug-likeness (QED) is 0.583. The number of esters is 1. The summed E-state index contributed by atoms with van der Waals surface area (Å²) in [5.41, 5.74) is 6.80. The van der Waals surface area contributed by atoms with Crippen LogP contribution in [-0.2, 0) is 9.53 Å². The summed E-state index contributed by atoms with van der Waals surface area (Å²) in [6.07, 6.45) is 2.32. The van der Waals surface area contributed by atoms with Gasteiger partial charge in [0.05, 0.1) is 13.0 Å². The van der Waals surface area contributed by atoms with Crippen LogP contribution in [-0.4, -0.2) is 19.1 Å². The van der Waals surface area contributed by atoms with Crippen LogP contribution in [0.1, 0.15) is 37.7 Å². The first-order chi connectivity index (χ1) is 8.27. The van der Waals surface area contributed by atoms with E-state index >= 15 is 0 Å². The molecule has 0 amide bonds. The van der Waals surface area contributed by atoms with Crippen molar-refractivity contribution in [2.75, 3.05) is 13.2 Å². The number of rotatable bonds is 7. The predicted molar refractivity (Wildman–Crippen MR) is 68.7 cm³/mol. The SMILES string of the molecule is CCCCOC(=O)CC(CN)c1ccccc1. The topological polar surface area (TPSA) is 52.3 Å². The van der Waals surface area contributed by atoms with Crippen LogP contribution in [0.4, 0.5) is 0 Å². The zero-order valence-corrected chi connectivity index (χ0v) is 10.4. The fourth-order valence-corrected chi connectivity index (χ4v) is 1.65. The van der Waals surface area contributed by atoms with E-state index in [1.54, 1.807) is 0 Å². The summed E-state index contributed by atoms with van der Waals surface area (Å²) < 4.78 is 5.14. The number of ether oxygens (including phenoxy) is 1. The van der Waals surface area contributed by atoms with Crippen molar-refractivity contribution in [1.29, 1.82) is 0 Å². The van der Waals surface area contributed by atoms with Gasteiger partial charge in [-0.1, -0.05) is 43.7 Å². The Morgan fingerprint density at radius 3 is 2.65 bits per heavy atom. The molecule has 0 saturated heterocycles. The molecule has 0 radical (unpaired) electrons. The van der Waals surface area contributed by atoms with Crippen molar-refractivity contribution in [3.8, 4) is 0 Å². The van der Waals surface area contributed by atoms with Crippen LogP contribution < -0.4 is 5.73 Å². The van der Waals surface area contributed by atoms with Crippen LogP contribution in [0.5, 0.6) is 0 Å². The number of nitrogens with two attached hydrogens (primary N) is 1. The van der Waals surface area contributed by atoms with E-state index in [0.717, 1.165) is 18.4 Å². The molecule has 0 spiro atoms. The Hall–Kier alpha value is -1.35. The lowest BCUT2D eigenvalue weighted by molar-refractivity contribution is -0.144. The molecule has 1 aromatic carbocycles. The molecule has 0 saturated carbocycles. The molecule has 1 atom stereocenters. The summed E-state index contributed by atoms with van der Waals surface area (Å²) in [5, 5.41) is 0. The van der Waals surface area contributed by atoms with Gasteiger partial charge in [0.2, 0.25) is 0 Å². The number of carbonyl (C=O) groups excluding carboxylic acids is 1. The number of benzene rings is 1. The second-order valence-electron chi connectivity index (χ2n) is 4.12. The van der Waals surface area contributed by atoms with Gasteiger partial charge in [-0.05, 0) is 18.5 Å². The van der Waals surface area contributed by atoms with Gasteiger partial charge in [-0.2, -0.15) is 0 Å². The molecule has 3 heteroatoms. The van der Waals surface area contributed by atoms with E-state index in [4.69, 9.17) is 10.5 Å². The fourth-order valence-electron chi connectivity index (χ4n) is 1.65. The Balaban J connectivity index is 2.44. The molecule has 3 nitrogen and oxygen atoms in total. The monoisotopic (exact) mass is 235 g/mol. The summed E-state index contributed by atoms with van der Waals surface area (Å²) >= 11 is 0. The Labute approximate surface area is 103 Å². The standard InChI is InChI=1S/C14H21NO2/c1-2-3-9-17-14(16)10-13(11-15)12-7-5-4-6-8-12/h4-8,13H,2-3,9-11,15H2,1H3. The van der Waals surface area contributed by atoms with Crippen molar-refractivity contribution in [2.45, 2.75) is 32.1 Å². The van der Waals surface area contributed by atoms with Crippen molar-refractivity contribution in [3.63, 3.8) is 0 Å². The van der Waals surface area contributed by atoms with E-state index < -0.39 is 0 Å². The summed E-state index contributed by atoms with van der Waals surface area (Å²) in [4.78, 5) is 11.6. The van der Waals surface area contributed by atoms with Crippen molar-refractivity contribution in [1.82, 2.24) is 0 Å². The number of unbranched alkanes of at least 4 members (excludes halogenated alkanes) is 1. The summed E-state index contributed by atoms with van der Waals surface area (Å²) in [7, 11) is 0. The molecule has 17 heavy (non-hydrogen) atoms. The molecule has 94 valence electrons. The normalized spacial score (nSPS) is 12.1. The van der Waals surface area contributed by atoms with Gasteiger partial charge in [0.1, 0.15) is 0 Å². The second-order valence-corrected chi connectivity index (χ2v) is 4.12. The average Bonchev–Trinajstić information content (AvgIpc) is 2.37. The highest BCUT2D eigenvalue weighted by Gasteiger charge is 2.15. The molecule has 0 heterocycles. The summed E-state index contributed by atoms with van der Waals surface area (Å²) in [6.45, 7) is 3.05. The molecule has 0 aliphatic carbocycles. The molecule has 0 aliphatic heterocycles. The summed E-state index contributed by atoms with van der Waals surface area (Å²) in [6, 6.07) is 9.87. The average molecular weight is 235 g/mol. The number of hydrogen-bond acceptors (Lipinski definition) is 3. The minimum Gasteiger partial charge on any atom is -0.466 e. The van der Waals surface area contributed by atoms with Gasteiger partial charge in [-0.15, -0.1) is 0 Å². The smallest absolute Gasteiger partial charge is 0.306 e. The Bertz CT molecular complexity index is 324. The maximum atomic E-state index is 11.6. The molecule has 0 bridgehead atoms. The molecule has 1 rings (SSSR count). The van der Waals surface area contributed by atoms with Gasteiger partial charge in [-0.25, -0.2) is 0 Å². The van der Waals surface area contributed by atoms with Crippen molar-refractivity contribution in [2.24, 2.45) is 5.73 Å². The Kier molecular flexibility index (Phi) is 6.33. The van der Waals surface area contributed by atoms with Gasteiger partial charge >= 0.3 is 5.97 Å². The van der Waals surface area contributed by atoms with Crippen molar-refractivity contribution >= 4 is 5.97 Å². The van der Waals surface area contributed by atoms with E-state index in [9.17, 15) is 4.79 Å². The van der Waals surface area contributed by atoms with Crippen molar-refractivity contribution in [3.05, 3.63) is 35.9 Å². The molecule has 0 aliphatic rings. The predicted octanol–water partition coefficient (Wildman–Crippen LogP) is 2.46. The van der Waals surface area contributed by atoms with Gasteiger partial charge < -0.3 is 10.5 Å². The zero-order chi connectivity index (χ0) is 12.5. The lowest BCUT2D eigenvalue weighted by atomic mass is 9.96. The van der Waals surface area contributed by atoms with E-state index in [2.05, 4.69) is 6.92 Å². The number of hydrogen-bond donors (Lipinski definition) is 1.